The lowest BCUT2D eigenvalue weighted by atomic mass is 9.80. The van der Waals surface area contributed by atoms with Crippen LogP contribution in [0.2, 0.25) is 0 Å². The molecule has 3 nitrogen and oxygen atoms in total. The maximum Gasteiger partial charge on any atom is 0.488 e. The number of hydrogen-bond acceptors (Lipinski definition) is 4. The van der Waals surface area contributed by atoms with Gasteiger partial charge in [0.2, 0.25) is 0 Å². The SMILES string of the molecule is CSCCNCc1ccc(B(O)O)cc1. The average molecular weight is 225 g/mol. The second kappa shape index (κ2) is 6.90. The van der Waals surface area contributed by atoms with Crippen LogP contribution in [0.1, 0.15) is 5.56 Å². The van der Waals surface area contributed by atoms with E-state index in [1.165, 1.54) is 0 Å². The van der Waals surface area contributed by atoms with Gasteiger partial charge >= 0.3 is 7.12 Å². The summed E-state index contributed by atoms with van der Waals surface area (Å²) in [6, 6.07) is 7.27. The van der Waals surface area contributed by atoms with Gasteiger partial charge in [-0.2, -0.15) is 11.8 Å². The van der Waals surface area contributed by atoms with Gasteiger partial charge in [-0.15, -0.1) is 0 Å². The molecule has 0 heterocycles. The standard InChI is InChI=1S/C10H16BNO2S/c1-15-7-6-12-8-9-2-4-10(5-3-9)11(13)14/h2-5,12-14H,6-8H2,1H3. The van der Waals surface area contributed by atoms with Crippen LogP contribution >= 0.6 is 11.8 Å². The van der Waals surface area contributed by atoms with E-state index >= 15 is 0 Å². The summed E-state index contributed by atoms with van der Waals surface area (Å²) in [6.07, 6.45) is 2.08. The topological polar surface area (TPSA) is 52.5 Å². The van der Waals surface area contributed by atoms with Gasteiger partial charge in [-0.05, 0) is 17.3 Å². The normalized spacial score (nSPS) is 10.3. The van der Waals surface area contributed by atoms with Crippen molar-refractivity contribution in [2.45, 2.75) is 6.54 Å². The molecule has 15 heavy (non-hydrogen) atoms. The average Bonchev–Trinajstić information content (AvgIpc) is 2.25. The first-order valence-electron chi connectivity index (χ1n) is 4.88. The Morgan fingerprint density at radius 1 is 1.27 bits per heavy atom. The summed E-state index contributed by atoms with van der Waals surface area (Å²) >= 11 is 1.81. The van der Waals surface area contributed by atoms with E-state index in [1.807, 2.05) is 23.9 Å². The van der Waals surface area contributed by atoms with Gasteiger partial charge in [-0.25, -0.2) is 0 Å². The molecule has 0 radical (unpaired) electrons. The molecule has 0 atom stereocenters. The third-order valence-corrected chi connectivity index (χ3v) is 2.70. The Balaban J connectivity index is 2.36. The largest absolute Gasteiger partial charge is 0.488 e. The Labute approximate surface area is 95.0 Å². The molecule has 1 rings (SSSR count). The Hall–Kier alpha value is -0.485. The fourth-order valence-electron chi connectivity index (χ4n) is 1.21. The van der Waals surface area contributed by atoms with Gasteiger partial charge in [0.25, 0.3) is 0 Å². The second-order valence-corrected chi connectivity index (χ2v) is 4.27. The van der Waals surface area contributed by atoms with E-state index < -0.39 is 7.12 Å². The Morgan fingerprint density at radius 3 is 2.47 bits per heavy atom. The fourth-order valence-corrected chi connectivity index (χ4v) is 1.56. The lowest BCUT2D eigenvalue weighted by Crippen LogP contribution is -2.29. The molecule has 0 spiro atoms. The summed E-state index contributed by atoms with van der Waals surface area (Å²) in [4.78, 5) is 0. The van der Waals surface area contributed by atoms with Crippen molar-refractivity contribution in [1.29, 1.82) is 0 Å². The molecule has 3 N–H and O–H groups in total. The highest BCUT2D eigenvalue weighted by Crippen LogP contribution is 1.97. The van der Waals surface area contributed by atoms with Crippen LogP contribution in [0, 0.1) is 0 Å². The minimum absolute atomic E-state index is 0.530. The number of nitrogens with one attached hydrogen (secondary N) is 1. The van der Waals surface area contributed by atoms with Crippen molar-refractivity contribution in [2.24, 2.45) is 0 Å². The molecule has 0 aliphatic carbocycles. The summed E-state index contributed by atoms with van der Waals surface area (Å²) < 4.78 is 0. The van der Waals surface area contributed by atoms with Crippen molar-refractivity contribution in [3.05, 3.63) is 29.8 Å². The van der Waals surface area contributed by atoms with Crippen LogP contribution in [0.3, 0.4) is 0 Å². The quantitative estimate of drug-likeness (QED) is 0.464. The Kier molecular flexibility index (Phi) is 5.79. The van der Waals surface area contributed by atoms with Crippen molar-refractivity contribution in [2.75, 3.05) is 18.6 Å². The summed E-state index contributed by atoms with van der Waals surface area (Å²) in [6.45, 7) is 1.81. The molecule has 0 bridgehead atoms. The van der Waals surface area contributed by atoms with E-state index in [4.69, 9.17) is 10.0 Å². The van der Waals surface area contributed by atoms with Gasteiger partial charge < -0.3 is 15.4 Å². The maximum atomic E-state index is 8.90. The molecular formula is C10H16BNO2S. The van der Waals surface area contributed by atoms with Crippen molar-refractivity contribution in [1.82, 2.24) is 5.32 Å². The van der Waals surface area contributed by atoms with E-state index in [0.29, 0.717) is 5.46 Å². The van der Waals surface area contributed by atoms with Gasteiger partial charge in [-0.3, -0.25) is 0 Å². The highest BCUT2D eigenvalue weighted by molar-refractivity contribution is 7.98. The molecule has 0 saturated heterocycles. The zero-order valence-corrected chi connectivity index (χ0v) is 9.63. The third-order valence-electron chi connectivity index (χ3n) is 2.09. The molecule has 0 unspecified atom stereocenters. The minimum atomic E-state index is -1.37. The van der Waals surface area contributed by atoms with E-state index in [-0.39, 0.29) is 0 Å². The van der Waals surface area contributed by atoms with Gasteiger partial charge in [-0.1, -0.05) is 24.3 Å². The van der Waals surface area contributed by atoms with E-state index in [9.17, 15) is 0 Å². The van der Waals surface area contributed by atoms with Crippen LogP contribution in [0.5, 0.6) is 0 Å². The number of thioether (sulfide) groups is 1. The molecule has 0 aliphatic heterocycles. The number of hydrogen-bond donors (Lipinski definition) is 3. The van der Waals surface area contributed by atoms with Crippen LogP contribution in [0.4, 0.5) is 0 Å². The zero-order valence-electron chi connectivity index (χ0n) is 8.81. The fraction of sp³-hybridized carbons (Fsp3) is 0.400. The van der Waals surface area contributed by atoms with Crippen LogP contribution in [0.15, 0.2) is 24.3 Å². The highest BCUT2D eigenvalue weighted by atomic mass is 32.2. The first kappa shape index (κ1) is 12.6. The molecule has 0 saturated carbocycles. The zero-order chi connectivity index (χ0) is 11.1. The monoisotopic (exact) mass is 225 g/mol. The minimum Gasteiger partial charge on any atom is -0.423 e. The van der Waals surface area contributed by atoms with Crippen LogP contribution < -0.4 is 10.8 Å². The first-order chi connectivity index (χ1) is 7.24. The van der Waals surface area contributed by atoms with Crippen LogP contribution in [-0.4, -0.2) is 35.7 Å². The summed E-state index contributed by atoms with van der Waals surface area (Å²) in [5, 5.41) is 21.1. The Bertz CT molecular complexity index is 279. The van der Waals surface area contributed by atoms with Crippen LogP contribution in [0.25, 0.3) is 0 Å². The summed E-state index contributed by atoms with van der Waals surface area (Å²) in [5.74, 6) is 1.10. The van der Waals surface area contributed by atoms with Crippen molar-refractivity contribution < 1.29 is 10.0 Å². The van der Waals surface area contributed by atoms with Gasteiger partial charge in [0.1, 0.15) is 0 Å². The first-order valence-corrected chi connectivity index (χ1v) is 6.28. The predicted octanol–water partition coefficient (Wildman–Crippen LogP) is -0.181. The molecule has 0 fully saturated rings. The lowest BCUT2D eigenvalue weighted by Gasteiger charge is -2.05. The van der Waals surface area contributed by atoms with Gasteiger partial charge in [0.05, 0.1) is 0 Å². The molecule has 1 aromatic carbocycles. The van der Waals surface area contributed by atoms with Gasteiger partial charge in [0.15, 0.2) is 0 Å². The molecule has 0 aromatic heterocycles. The highest BCUT2D eigenvalue weighted by Gasteiger charge is 2.09. The predicted molar refractivity (Wildman–Crippen MR) is 66.4 cm³/mol. The lowest BCUT2D eigenvalue weighted by molar-refractivity contribution is 0.426. The molecular weight excluding hydrogens is 209 g/mol. The second-order valence-electron chi connectivity index (χ2n) is 3.28. The van der Waals surface area contributed by atoms with E-state index in [2.05, 4.69) is 11.6 Å². The summed E-state index contributed by atoms with van der Waals surface area (Å²) in [5.41, 5.74) is 1.68. The Morgan fingerprint density at radius 2 is 1.93 bits per heavy atom. The van der Waals surface area contributed by atoms with Crippen LogP contribution in [-0.2, 0) is 6.54 Å². The maximum absolute atomic E-state index is 8.90. The van der Waals surface area contributed by atoms with Crippen molar-refractivity contribution in [3.63, 3.8) is 0 Å². The van der Waals surface area contributed by atoms with Crippen molar-refractivity contribution >= 4 is 24.3 Å². The third kappa shape index (κ3) is 4.71. The van der Waals surface area contributed by atoms with E-state index in [0.717, 1.165) is 24.4 Å². The molecule has 0 amide bonds. The molecule has 5 heteroatoms. The number of rotatable bonds is 6. The molecule has 1 aromatic rings. The molecule has 82 valence electrons. The molecule has 0 aliphatic rings. The van der Waals surface area contributed by atoms with Gasteiger partial charge in [0, 0.05) is 18.8 Å². The van der Waals surface area contributed by atoms with E-state index in [1.54, 1.807) is 12.1 Å². The number of benzene rings is 1. The smallest absolute Gasteiger partial charge is 0.423 e. The summed E-state index contributed by atoms with van der Waals surface area (Å²) in [7, 11) is -1.37. The van der Waals surface area contributed by atoms with Crippen molar-refractivity contribution in [3.8, 4) is 0 Å².